The van der Waals surface area contributed by atoms with E-state index in [1.165, 1.54) is 6.07 Å². The fourth-order valence-electron chi connectivity index (χ4n) is 5.58. The number of hydrogen-bond donors (Lipinski definition) is 5. The molecule has 43 heavy (non-hydrogen) atoms. The van der Waals surface area contributed by atoms with Gasteiger partial charge in [0.2, 0.25) is 5.91 Å². The van der Waals surface area contributed by atoms with Gasteiger partial charge in [0.1, 0.15) is 29.9 Å². The van der Waals surface area contributed by atoms with Crippen LogP contribution in [0.25, 0.3) is 0 Å². The van der Waals surface area contributed by atoms with Crippen molar-refractivity contribution in [2.24, 2.45) is 11.8 Å². The zero-order valence-corrected chi connectivity index (χ0v) is 25.3. The Balaban J connectivity index is 1.28. The summed E-state index contributed by atoms with van der Waals surface area (Å²) < 4.78 is 25.7. The Morgan fingerprint density at radius 1 is 0.953 bits per heavy atom. The fourth-order valence-corrected chi connectivity index (χ4v) is 5.58. The van der Waals surface area contributed by atoms with Crippen molar-refractivity contribution in [2.75, 3.05) is 39.4 Å². The van der Waals surface area contributed by atoms with Gasteiger partial charge in [0.15, 0.2) is 0 Å². The van der Waals surface area contributed by atoms with Crippen molar-refractivity contribution < 1.29 is 49.0 Å². The average molecular weight is 613 g/mol. The molecule has 0 aliphatic carbocycles. The van der Waals surface area contributed by atoms with E-state index in [4.69, 9.17) is 14.6 Å². The first kappa shape index (κ1) is 35.0. The van der Waals surface area contributed by atoms with Gasteiger partial charge < -0.3 is 44.8 Å². The molecule has 2 fully saturated rings. The Labute approximate surface area is 253 Å². The molecule has 2 amide bonds. The van der Waals surface area contributed by atoms with Gasteiger partial charge in [-0.15, -0.1) is 0 Å². The lowest BCUT2D eigenvalue weighted by atomic mass is 9.91. The summed E-state index contributed by atoms with van der Waals surface area (Å²) in [6.45, 7) is 5.88. The van der Waals surface area contributed by atoms with Crippen LogP contribution in [0.5, 0.6) is 5.75 Å². The predicted octanol–water partition coefficient (Wildman–Crippen LogP) is 1.85. The normalized spacial score (nSPS) is 19.1. The standard InChI is InChI=1S/C31H49FN2O9/c1-20(2)43-31(41)33-12-10-21(11-13-33)6-4-14-42-24-9-8-23(25(32)16-24)15-28(38)34-17-22(18-34)5-3-7-26(36)29(39)30(40)27(37)19-35/h8-9,16,20-22,26-27,29-30,35-37,39-40H,3-7,10-15,17-19H2,1-2H3/t26-,27+,29+,30+/m0/s1. The number of amides is 2. The number of halogens is 1. The number of benzene rings is 1. The molecule has 0 bridgehead atoms. The van der Waals surface area contributed by atoms with Crippen LogP contribution in [-0.4, -0.2) is 117 Å². The first-order valence-electron chi connectivity index (χ1n) is 15.5. The van der Waals surface area contributed by atoms with Gasteiger partial charge in [0.05, 0.1) is 31.8 Å². The van der Waals surface area contributed by atoms with Gasteiger partial charge in [-0.2, -0.15) is 0 Å². The Morgan fingerprint density at radius 2 is 1.60 bits per heavy atom. The topological polar surface area (TPSA) is 160 Å². The van der Waals surface area contributed by atoms with E-state index in [0.29, 0.717) is 62.9 Å². The largest absolute Gasteiger partial charge is 0.493 e. The Morgan fingerprint density at radius 3 is 2.23 bits per heavy atom. The van der Waals surface area contributed by atoms with E-state index in [1.807, 2.05) is 13.8 Å². The molecule has 4 atom stereocenters. The zero-order chi connectivity index (χ0) is 31.5. The maximum Gasteiger partial charge on any atom is 0.410 e. The highest BCUT2D eigenvalue weighted by Gasteiger charge is 2.32. The van der Waals surface area contributed by atoms with Gasteiger partial charge in [-0.25, -0.2) is 9.18 Å². The minimum atomic E-state index is -1.64. The Bertz CT molecular complexity index is 1010. The summed E-state index contributed by atoms with van der Waals surface area (Å²) in [6.07, 6.45) is -1.26. The second kappa shape index (κ2) is 17.1. The number of carbonyl (C=O) groups excluding carboxylic acids is 2. The highest BCUT2D eigenvalue weighted by atomic mass is 19.1. The summed E-state index contributed by atoms with van der Waals surface area (Å²) in [5.41, 5.74) is 0.310. The number of aliphatic hydroxyl groups is 5. The molecule has 2 heterocycles. The van der Waals surface area contributed by atoms with Gasteiger partial charge >= 0.3 is 6.09 Å². The third-order valence-electron chi connectivity index (χ3n) is 8.35. The maximum absolute atomic E-state index is 14.7. The SMILES string of the molecule is CC(C)OC(=O)N1CCC(CCCOc2ccc(CC(=O)N3CC(CCC[C@H](O)[C@@H](O)[C@H](O)[C@H](O)CO)C3)c(F)c2)CC1. The van der Waals surface area contributed by atoms with Crippen LogP contribution in [0.1, 0.15) is 64.4 Å². The number of hydrogen-bond acceptors (Lipinski definition) is 9. The molecular weight excluding hydrogens is 563 g/mol. The van der Waals surface area contributed by atoms with Crippen molar-refractivity contribution in [3.63, 3.8) is 0 Å². The van der Waals surface area contributed by atoms with Crippen LogP contribution in [0, 0.1) is 17.7 Å². The van der Waals surface area contributed by atoms with Gasteiger partial charge in [-0.1, -0.05) is 12.5 Å². The van der Waals surface area contributed by atoms with Crippen LogP contribution in [-0.2, 0) is 16.0 Å². The number of nitrogens with zero attached hydrogens (tertiary/aromatic N) is 2. The Kier molecular flexibility index (Phi) is 13.9. The molecule has 0 unspecified atom stereocenters. The molecule has 1 aromatic carbocycles. The van der Waals surface area contributed by atoms with Gasteiger partial charge in [-0.3, -0.25) is 4.79 Å². The highest BCUT2D eigenvalue weighted by molar-refractivity contribution is 5.79. The summed E-state index contributed by atoms with van der Waals surface area (Å²) in [6, 6.07) is 4.58. The summed E-state index contributed by atoms with van der Waals surface area (Å²) in [4.78, 5) is 28.1. The van der Waals surface area contributed by atoms with E-state index in [1.54, 1.807) is 21.9 Å². The van der Waals surface area contributed by atoms with Crippen LogP contribution in [0.15, 0.2) is 18.2 Å². The monoisotopic (exact) mass is 612 g/mol. The fraction of sp³-hybridized carbons (Fsp3) is 0.742. The van der Waals surface area contributed by atoms with Crippen molar-refractivity contribution in [3.05, 3.63) is 29.6 Å². The molecular formula is C31H49FN2O9. The molecule has 2 saturated heterocycles. The number of aliphatic hydroxyl groups excluding tert-OH is 5. The van der Waals surface area contributed by atoms with Crippen LogP contribution in [0.2, 0.25) is 0 Å². The van der Waals surface area contributed by atoms with Crippen molar-refractivity contribution in [3.8, 4) is 5.75 Å². The molecule has 0 saturated carbocycles. The lowest BCUT2D eigenvalue weighted by Gasteiger charge is -2.39. The number of ether oxygens (including phenoxy) is 2. The van der Waals surface area contributed by atoms with Crippen molar-refractivity contribution in [1.29, 1.82) is 0 Å². The van der Waals surface area contributed by atoms with E-state index in [0.717, 1.165) is 25.7 Å². The lowest BCUT2D eigenvalue weighted by molar-refractivity contribution is -0.137. The molecule has 2 aliphatic rings. The molecule has 0 spiro atoms. The average Bonchev–Trinajstić information content (AvgIpc) is 2.96. The highest BCUT2D eigenvalue weighted by Crippen LogP contribution is 2.26. The predicted molar refractivity (Wildman–Crippen MR) is 156 cm³/mol. The van der Waals surface area contributed by atoms with E-state index in [9.17, 15) is 34.4 Å². The van der Waals surface area contributed by atoms with Gasteiger partial charge in [0, 0.05) is 32.2 Å². The van der Waals surface area contributed by atoms with Crippen molar-refractivity contribution in [1.82, 2.24) is 9.80 Å². The maximum atomic E-state index is 14.7. The second-order valence-electron chi connectivity index (χ2n) is 12.2. The van der Waals surface area contributed by atoms with Crippen LogP contribution in [0.4, 0.5) is 9.18 Å². The van der Waals surface area contributed by atoms with Crippen molar-refractivity contribution >= 4 is 12.0 Å². The first-order valence-corrected chi connectivity index (χ1v) is 15.5. The van der Waals surface area contributed by atoms with Crippen molar-refractivity contribution in [2.45, 2.75) is 95.7 Å². The number of rotatable bonds is 16. The van der Waals surface area contributed by atoms with Crippen LogP contribution in [0.3, 0.4) is 0 Å². The number of likely N-dealkylation sites (tertiary alicyclic amines) is 2. The molecule has 244 valence electrons. The molecule has 2 aliphatic heterocycles. The summed E-state index contributed by atoms with van der Waals surface area (Å²) in [5.74, 6) is 0.530. The smallest absolute Gasteiger partial charge is 0.410 e. The van der Waals surface area contributed by atoms with Crippen LogP contribution >= 0.6 is 0 Å². The summed E-state index contributed by atoms with van der Waals surface area (Å²) in [7, 11) is 0. The van der Waals surface area contributed by atoms with Gasteiger partial charge in [-0.05, 0) is 75.8 Å². The Hall–Kier alpha value is -2.51. The summed E-state index contributed by atoms with van der Waals surface area (Å²) in [5, 5.41) is 47.8. The van der Waals surface area contributed by atoms with Gasteiger partial charge in [0.25, 0.3) is 0 Å². The lowest BCUT2D eigenvalue weighted by Crippen LogP contribution is -2.50. The summed E-state index contributed by atoms with van der Waals surface area (Å²) >= 11 is 0. The first-order chi connectivity index (χ1) is 20.5. The molecule has 5 N–H and O–H groups in total. The molecule has 1 aromatic rings. The van der Waals surface area contributed by atoms with Crippen LogP contribution < -0.4 is 4.74 Å². The zero-order valence-electron chi connectivity index (χ0n) is 25.3. The molecule has 11 nitrogen and oxygen atoms in total. The number of carbonyl (C=O) groups is 2. The molecule has 12 heteroatoms. The molecule has 0 radical (unpaired) electrons. The number of piperidine rings is 1. The van der Waals surface area contributed by atoms with E-state index in [-0.39, 0.29) is 36.9 Å². The van der Waals surface area contributed by atoms with E-state index in [2.05, 4.69) is 0 Å². The molecule has 3 rings (SSSR count). The molecule has 0 aromatic heterocycles. The second-order valence-corrected chi connectivity index (χ2v) is 12.2. The third-order valence-corrected chi connectivity index (χ3v) is 8.35. The minimum Gasteiger partial charge on any atom is -0.493 e. The quantitative estimate of drug-likeness (QED) is 0.176. The third kappa shape index (κ3) is 10.9. The minimum absolute atomic E-state index is 0.0434. The van der Waals surface area contributed by atoms with E-state index >= 15 is 0 Å². The van der Waals surface area contributed by atoms with E-state index < -0.39 is 36.8 Å².